The minimum atomic E-state index is -3.00. The second kappa shape index (κ2) is 5.60. The van der Waals surface area contributed by atoms with E-state index in [2.05, 4.69) is 19.1 Å². The van der Waals surface area contributed by atoms with Crippen LogP contribution in [-0.4, -0.2) is 4.89 Å². The van der Waals surface area contributed by atoms with E-state index in [4.69, 9.17) is 9.42 Å². The zero-order chi connectivity index (χ0) is 14.0. The molecule has 0 amide bonds. The summed E-state index contributed by atoms with van der Waals surface area (Å²) >= 11 is 0. The molecule has 0 aliphatic carbocycles. The van der Waals surface area contributed by atoms with Crippen LogP contribution in [0.1, 0.15) is 16.7 Å². The Bertz CT molecular complexity index is 612. The van der Waals surface area contributed by atoms with E-state index in [0.29, 0.717) is 5.75 Å². The lowest BCUT2D eigenvalue weighted by Gasteiger charge is -2.15. The highest BCUT2D eigenvalue weighted by Gasteiger charge is 2.12. The third-order valence-corrected chi connectivity index (χ3v) is 3.43. The van der Waals surface area contributed by atoms with Crippen molar-refractivity contribution < 1.29 is 14.0 Å². The van der Waals surface area contributed by atoms with E-state index in [-0.39, 0.29) is 0 Å². The summed E-state index contributed by atoms with van der Waals surface area (Å²) in [6.45, 7) is 6.13. The molecular weight excluding hydrogens is 259 g/mol. The minimum Gasteiger partial charge on any atom is -0.426 e. The van der Waals surface area contributed by atoms with Crippen LogP contribution in [-0.2, 0) is 4.57 Å². The molecule has 100 valence electrons. The number of hydrogen-bond donors (Lipinski definition) is 1. The van der Waals surface area contributed by atoms with Crippen LogP contribution in [0.15, 0.2) is 36.4 Å². The van der Waals surface area contributed by atoms with Gasteiger partial charge in [0.2, 0.25) is 0 Å². The maximum atomic E-state index is 10.9. The van der Waals surface area contributed by atoms with Crippen LogP contribution < -0.4 is 4.52 Å². The molecule has 0 fully saturated rings. The third-order valence-electron chi connectivity index (χ3n) is 3.03. The van der Waals surface area contributed by atoms with Gasteiger partial charge in [-0.25, -0.2) is 4.57 Å². The summed E-state index contributed by atoms with van der Waals surface area (Å²) in [6, 6.07) is 11.5. The van der Waals surface area contributed by atoms with E-state index in [1.807, 2.05) is 26.0 Å². The summed E-state index contributed by atoms with van der Waals surface area (Å²) < 4.78 is 16.0. The van der Waals surface area contributed by atoms with Crippen LogP contribution >= 0.6 is 8.25 Å². The molecule has 2 rings (SSSR count). The summed E-state index contributed by atoms with van der Waals surface area (Å²) in [6.07, 6.45) is 0. The van der Waals surface area contributed by atoms with Gasteiger partial charge in [0.25, 0.3) is 0 Å². The van der Waals surface area contributed by atoms with Gasteiger partial charge in [0.05, 0.1) is 0 Å². The summed E-state index contributed by atoms with van der Waals surface area (Å²) in [7, 11) is -3.00. The maximum absolute atomic E-state index is 10.9. The summed E-state index contributed by atoms with van der Waals surface area (Å²) in [5.41, 5.74) is 5.37. The van der Waals surface area contributed by atoms with Crippen LogP contribution in [0.2, 0.25) is 0 Å². The lowest BCUT2D eigenvalue weighted by Crippen LogP contribution is -1.92. The largest absolute Gasteiger partial charge is 0.426 e. The van der Waals surface area contributed by atoms with Gasteiger partial charge in [-0.2, -0.15) is 0 Å². The predicted molar refractivity (Wildman–Crippen MR) is 77.9 cm³/mol. The Labute approximate surface area is 113 Å². The molecule has 0 heterocycles. The third kappa shape index (κ3) is 3.06. The summed E-state index contributed by atoms with van der Waals surface area (Å²) in [4.78, 5) is 8.98. The average Bonchev–Trinajstić information content (AvgIpc) is 2.29. The standard InChI is InChI=1S/C15H17O3P/c1-10-8-11(2)15(12(3)9-10)13-6-4-5-7-14(13)18-19(16)17/h4-9,19H,1-3H3,(H,16,17). The Morgan fingerprint density at radius 1 is 1.05 bits per heavy atom. The molecule has 0 bridgehead atoms. The zero-order valence-corrected chi connectivity index (χ0v) is 12.2. The van der Waals surface area contributed by atoms with Crippen molar-refractivity contribution in [2.45, 2.75) is 20.8 Å². The quantitative estimate of drug-likeness (QED) is 0.860. The van der Waals surface area contributed by atoms with Crippen molar-refractivity contribution in [2.24, 2.45) is 0 Å². The van der Waals surface area contributed by atoms with E-state index in [1.165, 1.54) is 5.56 Å². The molecule has 2 aromatic carbocycles. The zero-order valence-electron chi connectivity index (χ0n) is 11.2. The number of rotatable bonds is 3. The highest BCUT2D eigenvalue weighted by atomic mass is 31.1. The molecule has 3 nitrogen and oxygen atoms in total. The fourth-order valence-corrected chi connectivity index (χ4v) is 2.83. The Kier molecular flexibility index (Phi) is 4.08. The lowest BCUT2D eigenvalue weighted by atomic mass is 9.93. The average molecular weight is 276 g/mol. The number of benzene rings is 2. The number of hydrogen-bond acceptors (Lipinski definition) is 2. The molecule has 2 aromatic rings. The van der Waals surface area contributed by atoms with E-state index in [0.717, 1.165) is 22.3 Å². The first-order valence-corrected chi connectivity index (χ1v) is 7.33. The molecule has 0 aromatic heterocycles. The maximum Gasteiger partial charge on any atom is 0.365 e. The minimum absolute atomic E-state index is 0.448. The van der Waals surface area contributed by atoms with Gasteiger partial charge in [0, 0.05) is 5.56 Å². The van der Waals surface area contributed by atoms with Crippen molar-refractivity contribution in [3.63, 3.8) is 0 Å². The van der Waals surface area contributed by atoms with Crippen LogP contribution in [0.3, 0.4) is 0 Å². The van der Waals surface area contributed by atoms with E-state index in [9.17, 15) is 4.57 Å². The van der Waals surface area contributed by atoms with Crippen molar-refractivity contribution >= 4 is 8.25 Å². The predicted octanol–water partition coefficient (Wildman–Crippen LogP) is 4.04. The number of aryl methyl sites for hydroxylation is 3. The first kappa shape index (κ1) is 13.9. The summed E-state index contributed by atoms with van der Waals surface area (Å²) in [5, 5.41) is 0. The van der Waals surface area contributed by atoms with Crippen molar-refractivity contribution in [1.29, 1.82) is 0 Å². The topological polar surface area (TPSA) is 46.5 Å². The molecule has 1 N–H and O–H groups in total. The van der Waals surface area contributed by atoms with E-state index < -0.39 is 8.25 Å². The summed E-state index contributed by atoms with van der Waals surface area (Å²) in [5.74, 6) is 0.448. The Morgan fingerprint density at radius 3 is 2.21 bits per heavy atom. The Morgan fingerprint density at radius 2 is 1.63 bits per heavy atom. The molecule has 0 spiro atoms. The monoisotopic (exact) mass is 276 g/mol. The van der Waals surface area contributed by atoms with E-state index >= 15 is 0 Å². The molecule has 19 heavy (non-hydrogen) atoms. The molecule has 0 aliphatic rings. The van der Waals surface area contributed by atoms with Gasteiger partial charge in [-0.3, -0.25) is 0 Å². The van der Waals surface area contributed by atoms with Gasteiger partial charge in [-0.1, -0.05) is 35.9 Å². The van der Waals surface area contributed by atoms with Gasteiger partial charge >= 0.3 is 8.25 Å². The van der Waals surface area contributed by atoms with E-state index in [1.54, 1.807) is 12.1 Å². The second-order valence-corrected chi connectivity index (χ2v) is 5.37. The van der Waals surface area contributed by atoms with Crippen molar-refractivity contribution in [1.82, 2.24) is 0 Å². The van der Waals surface area contributed by atoms with Crippen LogP contribution in [0.4, 0.5) is 0 Å². The normalized spacial score (nSPS) is 12.2. The highest BCUT2D eigenvalue weighted by molar-refractivity contribution is 7.32. The molecule has 0 saturated carbocycles. The van der Waals surface area contributed by atoms with Crippen LogP contribution in [0.25, 0.3) is 11.1 Å². The first-order chi connectivity index (χ1) is 8.99. The number of para-hydroxylation sites is 1. The van der Waals surface area contributed by atoms with Gasteiger partial charge in [-0.05, 0) is 43.5 Å². The smallest absolute Gasteiger partial charge is 0.365 e. The fourth-order valence-electron chi connectivity index (χ4n) is 2.46. The lowest BCUT2D eigenvalue weighted by molar-refractivity contribution is 0.411. The molecule has 1 atom stereocenters. The molecule has 0 saturated heterocycles. The second-order valence-electron chi connectivity index (χ2n) is 4.64. The van der Waals surface area contributed by atoms with Crippen LogP contribution in [0.5, 0.6) is 5.75 Å². The fraction of sp³-hybridized carbons (Fsp3) is 0.200. The molecule has 0 radical (unpaired) electrons. The molecule has 4 heteroatoms. The molecular formula is C15H17O3P. The van der Waals surface area contributed by atoms with Crippen molar-refractivity contribution in [3.8, 4) is 16.9 Å². The van der Waals surface area contributed by atoms with Gasteiger partial charge in [0.15, 0.2) is 0 Å². The Balaban J connectivity index is 2.62. The SMILES string of the molecule is Cc1cc(C)c(-c2ccccc2O[PH](=O)O)c(C)c1. The van der Waals surface area contributed by atoms with Crippen LogP contribution in [0, 0.1) is 20.8 Å². The van der Waals surface area contributed by atoms with Gasteiger partial charge < -0.3 is 9.42 Å². The highest BCUT2D eigenvalue weighted by Crippen LogP contribution is 2.37. The van der Waals surface area contributed by atoms with Crippen molar-refractivity contribution in [3.05, 3.63) is 53.1 Å². The molecule has 0 aliphatic heterocycles. The van der Waals surface area contributed by atoms with Gasteiger partial charge in [-0.15, -0.1) is 0 Å². The molecule has 1 unspecified atom stereocenters. The first-order valence-electron chi connectivity index (χ1n) is 6.07. The Hall–Kier alpha value is -1.57. The van der Waals surface area contributed by atoms with Gasteiger partial charge in [0.1, 0.15) is 5.75 Å². The van der Waals surface area contributed by atoms with Crippen molar-refractivity contribution in [2.75, 3.05) is 0 Å².